The number of para-hydroxylation sites is 1. The number of pyridine rings is 1. The summed E-state index contributed by atoms with van der Waals surface area (Å²) in [5, 5.41) is 15.8. The average Bonchev–Trinajstić information content (AvgIpc) is 2.79. The van der Waals surface area contributed by atoms with E-state index in [1.165, 1.54) is 30.5 Å². The molecule has 0 radical (unpaired) electrons. The van der Waals surface area contributed by atoms with Gasteiger partial charge in [-0.3, -0.25) is 19.7 Å². The van der Waals surface area contributed by atoms with Gasteiger partial charge in [0.15, 0.2) is 11.8 Å². The second kappa shape index (κ2) is 10.5. The third kappa shape index (κ3) is 6.03. The third-order valence-electron chi connectivity index (χ3n) is 4.17. The van der Waals surface area contributed by atoms with E-state index in [1.807, 2.05) is 0 Å². The maximum atomic E-state index is 12.6. The van der Waals surface area contributed by atoms with Crippen LogP contribution in [0.1, 0.15) is 20.7 Å². The van der Waals surface area contributed by atoms with E-state index in [-0.39, 0.29) is 38.4 Å². The Morgan fingerprint density at radius 2 is 1.70 bits per heavy atom. The number of nitro groups is 1. The molecule has 0 aliphatic heterocycles. The van der Waals surface area contributed by atoms with Crippen LogP contribution in [0.5, 0.6) is 0 Å². The van der Waals surface area contributed by atoms with Crippen LogP contribution in [0.2, 0.25) is 10.2 Å². The van der Waals surface area contributed by atoms with Crippen LogP contribution in [-0.2, 0) is 9.53 Å². The minimum absolute atomic E-state index is 0.0175. The van der Waals surface area contributed by atoms with Gasteiger partial charge in [0.05, 0.1) is 32.4 Å². The second-order valence-corrected chi connectivity index (χ2v) is 7.15. The van der Waals surface area contributed by atoms with Gasteiger partial charge in [0, 0.05) is 18.3 Å². The van der Waals surface area contributed by atoms with Gasteiger partial charge >= 0.3 is 5.97 Å². The minimum atomic E-state index is -0.867. The number of anilines is 2. The van der Waals surface area contributed by atoms with Gasteiger partial charge in [-0.15, -0.1) is 0 Å². The Labute approximate surface area is 196 Å². The van der Waals surface area contributed by atoms with Crippen LogP contribution in [0.4, 0.5) is 17.1 Å². The summed E-state index contributed by atoms with van der Waals surface area (Å²) in [5.41, 5.74) is 0.0334. The van der Waals surface area contributed by atoms with Crippen molar-refractivity contribution in [2.45, 2.75) is 0 Å². The molecule has 0 spiro atoms. The Kier molecular flexibility index (Phi) is 7.54. The molecule has 3 aromatic rings. The van der Waals surface area contributed by atoms with Gasteiger partial charge in [-0.1, -0.05) is 35.3 Å². The Hall–Kier alpha value is -4.02. The first-order chi connectivity index (χ1) is 15.8. The van der Waals surface area contributed by atoms with Crippen molar-refractivity contribution in [3.63, 3.8) is 0 Å². The molecule has 10 nitrogen and oxygen atoms in total. The van der Waals surface area contributed by atoms with Crippen molar-refractivity contribution < 1.29 is 24.0 Å². The molecule has 1 heterocycles. The highest BCUT2D eigenvalue weighted by molar-refractivity contribution is 6.34. The van der Waals surface area contributed by atoms with Crippen molar-refractivity contribution in [2.24, 2.45) is 0 Å². The molecule has 168 valence electrons. The molecule has 0 atom stereocenters. The lowest BCUT2D eigenvalue weighted by atomic mass is 10.1. The molecule has 2 amide bonds. The number of hydrogen-bond acceptors (Lipinski definition) is 7. The lowest BCUT2D eigenvalue weighted by Crippen LogP contribution is -2.22. The normalized spacial score (nSPS) is 10.2. The highest BCUT2D eigenvalue weighted by atomic mass is 35.5. The minimum Gasteiger partial charge on any atom is -0.452 e. The predicted octanol–water partition coefficient (Wildman–Crippen LogP) is 4.34. The second-order valence-electron chi connectivity index (χ2n) is 6.39. The van der Waals surface area contributed by atoms with E-state index < -0.39 is 29.3 Å². The maximum Gasteiger partial charge on any atom is 0.340 e. The number of halogens is 2. The summed E-state index contributed by atoms with van der Waals surface area (Å²) in [5.74, 6) is -2.20. The molecular formula is C21H14Cl2N4O6. The average molecular weight is 489 g/mol. The highest BCUT2D eigenvalue weighted by Crippen LogP contribution is 2.24. The first kappa shape index (κ1) is 23.6. The van der Waals surface area contributed by atoms with Gasteiger partial charge in [0.2, 0.25) is 0 Å². The number of carbonyl (C=O) groups is 3. The third-order valence-corrected chi connectivity index (χ3v) is 4.78. The number of hydrogen-bond donors (Lipinski definition) is 2. The van der Waals surface area contributed by atoms with Gasteiger partial charge < -0.3 is 15.4 Å². The van der Waals surface area contributed by atoms with Crippen LogP contribution < -0.4 is 10.6 Å². The number of nitro benzene ring substituents is 1. The predicted molar refractivity (Wildman–Crippen MR) is 121 cm³/mol. The number of carbonyl (C=O) groups excluding carboxylic acids is 3. The zero-order valence-electron chi connectivity index (χ0n) is 16.6. The zero-order valence-corrected chi connectivity index (χ0v) is 18.1. The van der Waals surface area contributed by atoms with Crippen molar-refractivity contribution in [3.8, 4) is 0 Å². The zero-order chi connectivity index (χ0) is 24.0. The van der Waals surface area contributed by atoms with E-state index in [0.717, 1.165) is 12.1 Å². The van der Waals surface area contributed by atoms with Gasteiger partial charge in [0.25, 0.3) is 17.5 Å². The molecule has 3 rings (SSSR count). The molecule has 33 heavy (non-hydrogen) atoms. The number of ether oxygens (including phenoxy) is 1. The highest BCUT2D eigenvalue weighted by Gasteiger charge is 2.19. The van der Waals surface area contributed by atoms with E-state index in [4.69, 9.17) is 27.9 Å². The number of aromatic nitrogens is 1. The van der Waals surface area contributed by atoms with Crippen LogP contribution in [-0.4, -0.2) is 34.3 Å². The first-order valence-corrected chi connectivity index (χ1v) is 9.93. The lowest BCUT2D eigenvalue weighted by Gasteiger charge is -2.12. The number of nitrogens with one attached hydrogen (secondary N) is 2. The first-order valence-electron chi connectivity index (χ1n) is 9.18. The van der Waals surface area contributed by atoms with Crippen LogP contribution in [0.25, 0.3) is 0 Å². The number of esters is 1. The van der Waals surface area contributed by atoms with Crippen LogP contribution in [0.3, 0.4) is 0 Å². The summed E-state index contributed by atoms with van der Waals surface area (Å²) >= 11 is 11.8. The molecule has 0 bridgehead atoms. The van der Waals surface area contributed by atoms with Crippen LogP contribution in [0, 0.1) is 10.1 Å². The van der Waals surface area contributed by atoms with E-state index in [9.17, 15) is 24.5 Å². The summed E-state index contributed by atoms with van der Waals surface area (Å²) in [4.78, 5) is 51.2. The number of rotatable bonds is 7. The molecule has 0 aliphatic carbocycles. The SMILES string of the molecule is O=C(COC(=O)c1ccccc1NC(=O)c1ccc([N+](=O)[O-])cc1Cl)Nc1cccnc1Cl. The molecule has 1 aromatic heterocycles. The number of amides is 2. The van der Waals surface area contributed by atoms with Crippen LogP contribution in [0.15, 0.2) is 60.8 Å². The number of nitrogens with zero attached hydrogens (tertiary/aromatic N) is 2. The molecule has 0 unspecified atom stereocenters. The number of benzene rings is 2. The molecule has 2 aromatic carbocycles. The monoisotopic (exact) mass is 488 g/mol. The van der Waals surface area contributed by atoms with E-state index >= 15 is 0 Å². The maximum absolute atomic E-state index is 12.6. The van der Waals surface area contributed by atoms with Crippen LogP contribution >= 0.6 is 23.2 Å². The lowest BCUT2D eigenvalue weighted by molar-refractivity contribution is -0.384. The number of non-ortho nitro benzene ring substituents is 1. The summed E-state index contributed by atoms with van der Waals surface area (Å²) in [7, 11) is 0. The summed E-state index contributed by atoms with van der Waals surface area (Å²) < 4.78 is 5.03. The molecule has 2 N–H and O–H groups in total. The Bertz CT molecular complexity index is 1250. The standard InChI is InChI=1S/C21H14Cl2N4O6/c22-15-10-12(27(31)32)7-8-13(15)20(29)26-16-5-2-1-4-14(16)21(30)33-11-18(28)25-17-6-3-9-24-19(17)23/h1-10H,11H2,(H,25,28)(H,26,29). The van der Waals surface area contributed by atoms with E-state index in [1.54, 1.807) is 18.2 Å². The Morgan fingerprint density at radius 1 is 0.970 bits per heavy atom. The Balaban J connectivity index is 1.68. The van der Waals surface area contributed by atoms with Gasteiger partial charge in [0.1, 0.15) is 0 Å². The largest absolute Gasteiger partial charge is 0.452 e. The Morgan fingerprint density at radius 3 is 2.39 bits per heavy atom. The van der Waals surface area contributed by atoms with Crippen molar-refractivity contribution in [3.05, 3.63) is 92.2 Å². The van der Waals surface area contributed by atoms with E-state index in [2.05, 4.69) is 15.6 Å². The molecule has 0 saturated carbocycles. The molecule has 0 saturated heterocycles. The molecule has 0 aliphatic rings. The fourth-order valence-corrected chi connectivity index (χ4v) is 3.06. The molecule has 0 fully saturated rings. The van der Waals surface area contributed by atoms with Gasteiger partial charge in [-0.05, 0) is 30.3 Å². The van der Waals surface area contributed by atoms with E-state index in [0.29, 0.717) is 0 Å². The smallest absolute Gasteiger partial charge is 0.340 e. The summed E-state index contributed by atoms with van der Waals surface area (Å²) in [6.07, 6.45) is 1.45. The van der Waals surface area contributed by atoms with Crippen molar-refractivity contribution in [1.29, 1.82) is 0 Å². The fraction of sp³-hybridized carbons (Fsp3) is 0.0476. The van der Waals surface area contributed by atoms with Crippen molar-refractivity contribution in [2.75, 3.05) is 17.2 Å². The summed E-state index contributed by atoms with van der Waals surface area (Å²) in [6, 6.07) is 12.4. The molecule has 12 heteroatoms. The van der Waals surface area contributed by atoms with Gasteiger partial charge in [-0.2, -0.15) is 0 Å². The van der Waals surface area contributed by atoms with Crippen molar-refractivity contribution in [1.82, 2.24) is 4.98 Å². The molecular weight excluding hydrogens is 475 g/mol. The fourth-order valence-electron chi connectivity index (χ4n) is 2.64. The quantitative estimate of drug-likeness (QED) is 0.218. The topological polar surface area (TPSA) is 141 Å². The van der Waals surface area contributed by atoms with Gasteiger partial charge in [-0.25, -0.2) is 9.78 Å². The van der Waals surface area contributed by atoms with Crippen molar-refractivity contribution >= 4 is 58.0 Å². The summed E-state index contributed by atoms with van der Waals surface area (Å²) in [6.45, 7) is -0.611.